The summed E-state index contributed by atoms with van der Waals surface area (Å²) in [7, 11) is 0. The first-order chi connectivity index (χ1) is 12.4. The second kappa shape index (κ2) is 7.40. The highest BCUT2D eigenvalue weighted by Crippen LogP contribution is 2.39. The Hall–Kier alpha value is -2.49. The smallest absolute Gasteiger partial charge is 0.258 e. The van der Waals surface area contributed by atoms with Crippen LogP contribution in [0.1, 0.15) is 57.2 Å². The molecule has 2 aromatic rings. The van der Waals surface area contributed by atoms with Gasteiger partial charge in [0.15, 0.2) is 6.61 Å². The highest BCUT2D eigenvalue weighted by Gasteiger charge is 2.34. The molecule has 1 heterocycles. The third-order valence-electron chi connectivity index (χ3n) is 4.61. The number of amides is 1. The van der Waals surface area contributed by atoms with Crippen molar-refractivity contribution in [3.8, 4) is 11.5 Å². The van der Waals surface area contributed by atoms with Gasteiger partial charge in [-0.1, -0.05) is 50.2 Å². The van der Waals surface area contributed by atoms with Crippen LogP contribution in [0.3, 0.4) is 0 Å². The molecule has 4 heteroatoms. The van der Waals surface area contributed by atoms with E-state index in [0.717, 1.165) is 29.0 Å². The zero-order chi connectivity index (χ0) is 18.7. The maximum atomic E-state index is 12.5. The molecule has 0 saturated heterocycles. The summed E-state index contributed by atoms with van der Waals surface area (Å²) in [6.45, 7) is 8.31. The molecule has 0 fully saturated rings. The van der Waals surface area contributed by atoms with Gasteiger partial charge in [-0.05, 0) is 37.5 Å². The highest BCUT2D eigenvalue weighted by atomic mass is 16.5. The van der Waals surface area contributed by atoms with Crippen LogP contribution in [-0.2, 0) is 4.79 Å². The van der Waals surface area contributed by atoms with Gasteiger partial charge in [-0.3, -0.25) is 4.79 Å². The van der Waals surface area contributed by atoms with Crippen LogP contribution in [0.25, 0.3) is 0 Å². The van der Waals surface area contributed by atoms with Crippen molar-refractivity contribution in [1.82, 2.24) is 5.32 Å². The van der Waals surface area contributed by atoms with Crippen molar-refractivity contribution < 1.29 is 14.3 Å². The number of hydrogen-bond acceptors (Lipinski definition) is 3. The molecular weight excluding hydrogens is 326 g/mol. The fourth-order valence-electron chi connectivity index (χ4n) is 3.40. The molecule has 2 aromatic carbocycles. The second-order valence-corrected chi connectivity index (χ2v) is 7.71. The predicted octanol–water partition coefficient (Wildman–Crippen LogP) is 4.61. The quantitative estimate of drug-likeness (QED) is 0.854. The standard InChI is InChI=1S/C22H27NO3/c1-15(2)16-9-5-7-11-19(16)25-14-21(24)23-18-13-22(3,4)26-20-12-8-6-10-17(18)20/h5-12,15,18H,13-14H2,1-4H3,(H,23,24)/t18-/m1/s1. The second-order valence-electron chi connectivity index (χ2n) is 7.71. The molecule has 0 radical (unpaired) electrons. The van der Waals surface area contributed by atoms with Gasteiger partial charge in [0.1, 0.15) is 17.1 Å². The Kier molecular flexibility index (Phi) is 5.21. The lowest BCUT2D eigenvalue weighted by molar-refractivity contribution is -0.124. The van der Waals surface area contributed by atoms with Crippen molar-refractivity contribution in [2.45, 2.75) is 51.7 Å². The van der Waals surface area contributed by atoms with E-state index in [1.165, 1.54) is 0 Å². The van der Waals surface area contributed by atoms with Crippen LogP contribution >= 0.6 is 0 Å². The molecule has 3 rings (SSSR count). The molecule has 0 bridgehead atoms. The number of benzene rings is 2. The average Bonchev–Trinajstić information content (AvgIpc) is 2.59. The number of para-hydroxylation sites is 2. The first-order valence-electron chi connectivity index (χ1n) is 9.15. The molecule has 0 aliphatic carbocycles. The van der Waals surface area contributed by atoms with Gasteiger partial charge in [-0.2, -0.15) is 0 Å². The minimum atomic E-state index is -0.322. The van der Waals surface area contributed by atoms with E-state index in [4.69, 9.17) is 9.47 Å². The number of hydrogen-bond donors (Lipinski definition) is 1. The number of rotatable bonds is 5. The maximum Gasteiger partial charge on any atom is 0.258 e. The Bertz CT molecular complexity index is 782. The summed E-state index contributed by atoms with van der Waals surface area (Å²) >= 11 is 0. The summed E-state index contributed by atoms with van der Waals surface area (Å²) in [5.74, 6) is 1.82. The molecule has 0 aromatic heterocycles. The number of carbonyl (C=O) groups excluding carboxylic acids is 1. The Balaban J connectivity index is 1.67. The molecule has 0 unspecified atom stereocenters. The summed E-state index contributed by atoms with van der Waals surface area (Å²) in [6, 6.07) is 15.7. The Morgan fingerprint density at radius 1 is 1.19 bits per heavy atom. The molecule has 1 amide bonds. The van der Waals surface area contributed by atoms with E-state index < -0.39 is 0 Å². The van der Waals surface area contributed by atoms with E-state index in [1.54, 1.807) is 0 Å². The van der Waals surface area contributed by atoms with Crippen molar-refractivity contribution >= 4 is 5.91 Å². The molecule has 0 spiro atoms. The van der Waals surface area contributed by atoms with Crippen molar-refractivity contribution in [3.05, 3.63) is 59.7 Å². The highest BCUT2D eigenvalue weighted by molar-refractivity contribution is 5.78. The van der Waals surface area contributed by atoms with Crippen LogP contribution in [0.4, 0.5) is 0 Å². The van der Waals surface area contributed by atoms with Crippen molar-refractivity contribution in [2.75, 3.05) is 6.61 Å². The topological polar surface area (TPSA) is 47.6 Å². The maximum absolute atomic E-state index is 12.5. The van der Waals surface area contributed by atoms with Gasteiger partial charge in [0, 0.05) is 12.0 Å². The lowest BCUT2D eigenvalue weighted by atomic mass is 9.89. The number of carbonyl (C=O) groups is 1. The predicted molar refractivity (Wildman–Crippen MR) is 103 cm³/mol. The Labute approximate surface area is 155 Å². The van der Waals surface area contributed by atoms with Gasteiger partial charge in [0.2, 0.25) is 0 Å². The zero-order valence-electron chi connectivity index (χ0n) is 15.9. The minimum absolute atomic E-state index is 0.00366. The third-order valence-corrected chi connectivity index (χ3v) is 4.61. The van der Waals surface area contributed by atoms with Gasteiger partial charge in [-0.15, -0.1) is 0 Å². The van der Waals surface area contributed by atoms with Crippen LogP contribution in [0.15, 0.2) is 48.5 Å². The number of fused-ring (bicyclic) bond motifs is 1. The molecule has 1 atom stereocenters. The van der Waals surface area contributed by atoms with Crippen LogP contribution in [0, 0.1) is 0 Å². The SMILES string of the molecule is CC(C)c1ccccc1OCC(=O)N[C@@H]1CC(C)(C)Oc2ccccc21. The lowest BCUT2D eigenvalue weighted by Gasteiger charge is -2.37. The van der Waals surface area contributed by atoms with Crippen LogP contribution in [-0.4, -0.2) is 18.1 Å². The van der Waals surface area contributed by atoms with E-state index in [9.17, 15) is 4.79 Å². The van der Waals surface area contributed by atoms with Crippen molar-refractivity contribution in [1.29, 1.82) is 0 Å². The Morgan fingerprint density at radius 3 is 2.65 bits per heavy atom. The van der Waals surface area contributed by atoms with E-state index >= 15 is 0 Å². The minimum Gasteiger partial charge on any atom is -0.487 e. The molecule has 138 valence electrons. The molecule has 26 heavy (non-hydrogen) atoms. The normalized spacial score (nSPS) is 18.0. The summed E-state index contributed by atoms with van der Waals surface area (Å²) in [6.07, 6.45) is 0.721. The third kappa shape index (κ3) is 4.18. The molecule has 1 aliphatic rings. The van der Waals surface area contributed by atoms with Crippen LogP contribution in [0.5, 0.6) is 11.5 Å². The van der Waals surface area contributed by atoms with Crippen molar-refractivity contribution in [3.63, 3.8) is 0 Å². The van der Waals surface area contributed by atoms with E-state index in [1.807, 2.05) is 62.4 Å². The monoisotopic (exact) mass is 353 g/mol. The van der Waals surface area contributed by atoms with Gasteiger partial charge in [0.25, 0.3) is 5.91 Å². The number of ether oxygens (including phenoxy) is 2. The molecule has 4 nitrogen and oxygen atoms in total. The van der Waals surface area contributed by atoms with Crippen LogP contribution < -0.4 is 14.8 Å². The summed E-state index contributed by atoms with van der Waals surface area (Å²) < 4.78 is 11.8. The fraction of sp³-hybridized carbons (Fsp3) is 0.409. The molecule has 1 aliphatic heterocycles. The summed E-state index contributed by atoms with van der Waals surface area (Å²) in [4.78, 5) is 12.5. The zero-order valence-corrected chi connectivity index (χ0v) is 15.9. The molecule has 0 saturated carbocycles. The Morgan fingerprint density at radius 2 is 1.88 bits per heavy atom. The van der Waals surface area contributed by atoms with Gasteiger partial charge in [-0.25, -0.2) is 0 Å². The van der Waals surface area contributed by atoms with Gasteiger partial charge < -0.3 is 14.8 Å². The van der Waals surface area contributed by atoms with E-state index in [0.29, 0.717) is 5.92 Å². The first-order valence-corrected chi connectivity index (χ1v) is 9.15. The van der Waals surface area contributed by atoms with E-state index in [2.05, 4.69) is 19.2 Å². The fourth-order valence-corrected chi connectivity index (χ4v) is 3.40. The molecular formula is C22H27NO3. The largest absolute Gasteiger partial charge is 0.487 e. The summed E-state index contributed by atoms with van der Waals surface area (Å²) in [5.41, 5.74) is 1.80. The first kappa shape index (κ1) is 18.3. The lowest BCUT2D eigenvalue weighted by Crippen LogP contribution is -2.42. The average molecular weight is 353 g/mol. The van der Waals surface area contributed by atoms with Gasteiger partial charge in [0.05, 0.1) is 6.04 Å². The van der Waals surface area contributed by atoms with Crippen LogP contribution in [0.2, 0.25) is 0 Å². The van der Waals surface area contributed by atoms with Crippen molar-refractivity contribution in [2.24, 2.45) is 0 Å². The number of nitrogens with one attached hydrogen (secondary N) is 1. The molecule has 1 N–H and O–H groups in total. The van der Waals surface area contributed by atoms with E-state index in [-0.39, 0.29) is 24.2 Å². The summed E-state index contributed by atoms with van der Waals surface area (Å²) in [5, 5.41) is 3.11. The van der Waals surface area contributed by atoms with Gasteiger partial charge >= 0.3 is 0 Å².